The van der Waals surface area contributed by atoms with Crippen LogP contribution in [0.15, 0.2) is 85.7 Å². The van der Waals surface area contributed by atoms with Crippen molar-refractivity contribution in [1.82, 2.24) is 19.9 Å². The number of fused-ring (bicyclic) bond motifs is 1. The maximum Gasteiger partial charge on any atom is 0.142 e. The monoisotopic (exact) mass is 739 g/mol. The molecule has 7 rings (SSSR count). The van der Waals surface area contributed by atoms with Crippen molar-refractivity contribution in [3.63, 3.8) is 0 Å². The van der Waals surface area contributed by atoms with Gasteiger partial charge < -0.3 is 24.1 Å². The first-order valence-electron chi connectivity index (χ1n) is 17.8. The lowest BCUT2D eigenvalue weighted by Gasteiger charge is -2.27. The number of halogens is 3. The molecule has 0 bridgehead atoms. The van der Waals surface area contributed by atoms with Crippen LogP contribution in [-0.2, 0) is 26.1 Å². The molecule has 2 aliphatic rings. The third-order valence-electron chi connectivity index (χ3n) is 9.79. The van der Waals surface area contributed by atoms with E-state index in [-0.39, 0.29) is 18.8 Å². The van der Waals surface area contributed by atoms with E-state index >= 15 is 0 Å². The number of aryl methyl sites for hydroxylation is 1. The molecule has 2 aliphatic carbocycles. The molecule has 52 heavy (non-hydrogen) atoms. The van der Waals surface area contributed by atoms with Crippen molar-refractivity contribution in [2.24, 2.45) is 0 Å². The van der Waals surface area contributed by atoms with Crippen molar-refractivity contribution < 1.29 is 18.6 Å². The van der Waals surface area contributed by atoms with Gasteiger partial charge in [0.25, 0.3) is 0 Å². The second-order valence-electron chi connectivity index (χ2n) is 13.3. The molecule has 1 N–H and O–H groups in total. The van der Waals surface area contributed by atoms with Gasteiger partial charge in [0, 0.05) is 66.7 Å². The third-order valence-corrected chi connectivity index (χ3v) is 10.5. The summed E-state index contributed by atoms with van der Waals surface area (Å²) >= 11 is 13.9. The van der Waals surface area contributed by atoms with Crippen LogP contribution in [-0.4, -0.2) is 33.4 Å². The van der Waals surface area contributed by atoms with E-state index in [0.717, 1.165) is 72.9 Å². The topological polar surface area (TPSA) is 94.2 Å². The van der Waals surface area contributed by atoms with E-state index in [1.807, 2.05) is 47.2 Å². The van der Waals surface area contributed by atoms with Crippen LogP contribution in [0, 0.1) is 11.3 Å². The molecule has 3 atom stereocenters. The maximum absolute atomic E-state index is 14.7. The number of hydrogen-bond donors (Lipinski definition) is 1. The zero-order valence-corrected chi connectivity index (χ0v) is 30.3. The summed E-state index contributed by atoms with van der Waals surface area (Å²) in [6.07, 6.45) is 13.2. The van der Waals surface area contributed by atoms with Crippen LogP contribution in [0.2, 0.25) is 10.0 Å². The van der Waals surface area contributed by atoms with E-state index in [9.17, 15) is 9.65 Å². The summed E-state index contributed by atoms with van der Waals surface area (Å²) in [5.74, 6) is 1.72. The molecule has 1 fully saturated rings. The molecule has 3 aromatic carbocycles. The fourth-order valence-electron chi connectivity index (χ4n) is 7.11. The van der Waals surface area contributed by atoms with Gasteiger partial charge in [-0.05, 0) is 67.0 Å². The predicted octanol–water partition coefficient (Wildman–Crippen LogP) is 9.61. The molecule has 0 unspecified atom stereocenters. The summed E-state index contributed by atoms with van der Waals surface area (Å²) in [5, 5.41) is 13.8. The molecule has 8 nitrogen and oxygen atoms in total. The molecule has 5 aromatic rings. The van der Waals surface area contributed by atoms with Gasteiger partial charge in [0.2, 0.25) is 0 Å². The number of ether oxygens (including phenoxy) is 3. The van der Waals surface area contributed by atoms with Gasteiger partial charge in [-0.15, -0.1) is 0 Å². The number of rotatable bonds is 14. The van der Waals surface area contributed by atoms with Crippen LogP contribution < -0.4 is 19.5 Å². The first-order valence-corrected chi connectivity index (χ1v) is 18.5. The van der Waals surface area contributed by atoms with Gasteiger partial charge in [-0.1, -0.05) is 66.4 Å². The Labute approximate surface area is 313 Å². The molecule has 11 heteroatoms. The maximum atomic E-state index is 14.7. The number of aromatic nitrogens is 3. The van der Waals surface area contributed by atoms with E-state index in [1.54, 1.807) is 24.8 Å². The highest BCUT2D eigenvalue weighted by Crippen LogP contribution is 2.45. The van der Waals surface area contributed by atoms with Crippen molar-refractivity contribution in [3.05, 3.63) is 124 Å². The fourth-order valence-corrected chi connectivity index (χ4v) is 7.62. The van der Waals surface area contributed by atoms with E-state index in [1.165, 1.54) is 11.8 Å². The Balaban J connectivity index is 1.09. The van der Waals surface area contributed by atoms with Crippen LogP contribution in [0.1, 0.15) is 72.4 Å². The summed E-state index contributed by atoms with van der Waals surface area (Å²) in [6.45, 7) is 1.93. The van der Waals surface area contributed by atoms with Crippen LogP contribution >= 0.6 is 23.2 Å². The van der Waals surface area contributed by atoms with Gasteiger partial charge in [0.05, 0.1) is 28.5 Å². The first kappa shape index (κ1) is 35.8. The molecule has 2 heterocycles. The lowest BCUT2D eigenvalue weighted by Crippen LogP contribution is -2.39. The van der Waals surface area contributed by atoms with E-state index in [0.29, 0.717) is 52.4 Å². The number of nitriles is 1. The van der Waals surface area contributed by atoms with Gasteiger partial charge in [0.15, 0.2) is 0 Å². The minimum absolute atomic E-state index is 0.190. The van der Waals surface area contributed by atoms with Crippen LogP contribution in [0.4, 0.5) is 4.39 Å². The molecule has 2 aromatic heterocycles. The largest absolute Gasteiger partial charge is 0.492 e. The lowest BCUT2D eigenvalue weighted by molar-refractivity contribution is 0.187. The minimum atomic E-state index is -0.883. The lowest BCUT2D eigenvalue weighted by atomic mass is 9.93. The SMILES string of the molecule is N#Cc1cncc(COc2cc(O[C@H]3CCc4c(-c5cccc(OCCCn6ccnc6)c5Cl)cccc43)c(Cl)cc2CN[C@@H]2CCCC[C@@H]2F)c1. The van der Waals surface area contributed by atoms with Gasteiger partial charge in [-0.3, -0.25) is 4.98 Å². The van der Waals surface area contributed by atoms with Crippen molar-refractivity contribution in [2.75, 3.05) is 6.61 Å². The molecule has 0 amide bonds. The van der Waals surface area contributed by atoms with Gasteiger partial charge in [-0.25, -0.2) is 9.37 Å². The molecule has 0 saturated heterocycles. The Bertz CT molecular complexity index is 2040. The van der Waals surface area contributed by atoms with E-state index in [2.05, 4.69) is 33.5 Å². The quantitative estimate of drug-likeness (QED) is 0.113. The predicted molar refractivity (Wildman–Crippen MR) is 200 cm³/mol. The smallest absolute Gasteiger partial charge is 0.142 e. The number of benzene rings is 3. The second kappa shape index (κ2) is 16.8. The highest BCUT2D eigenvalue weighted by atomic mass is 35.5. The Morgan fingerprint density at radius 1 is 0.942 bits per heavy atom. The zero-order chi connectivity index (χ0) is 35.9. The normalized spacial score (nSPS) is 18.1. The van der Waals surface area contributed by atoms with E-state index < -0.39 is 6.17 Å². The number of pyridine rings is 1. The van der Waals surface area contributed by atoms with Crippen molar-refractivity contribution >= 4 is 23.2 Å². The number of imidazole rings is 1. The molecular formula is C41H40Cl2FN5O3. The minimum Gasteiger partial charge on any atom is -0.492 e. The molecule has 0 spiro atoms. The fraction of sp³-hybridized carbons (Fsp3) is 0.341. The number of hydrogen-bond acceptors (Lipinski definition) is 7. The second-order valence-corrected chi connectivity index (χ2v) is 14.1. The van der Waals surface area contributed by atoms with Gasteiger partial charge in [-0.2, -0.15) is 5.26 Å². The molecule has 0 radical (unpaired) electrons. The Hall–Kier alpha value is -4.62. The van der Waals surface area contributed by atoms with Crippen molar-refractivity contribution in [1.29, 1.82) is 5.26 Å². The summed E-state index contributed by atoms with van der Waals surface area (Å²) in [7, 11) is 0. The summed E-state index contributed by atoms with van der Waals surface area (Å²) < 4.78 is 35.8. The summed E-state index contributed by atoms with van der Waals surface area (Å²) in [4.78, 5) is 8.25. The average Bonchev–Trinajstić information content (AvgIpc) is 3.84. The first-order chi connectivity index (χ1) is 25.5. The Kier molecular flexibility index (Phi) is 11.6. The summed E-state index contributed by atoms with van der Waals surface area (Å²) in [5.41, 5.74) is 6.24. The van der Waals surface area contributed by atoms with Gasteiger partial charge >= 0.3 is 0 Å². The van der Waals surface area contributed by atoms with Crippen LogP contribution in [0.3, 0.4) is 0 Å². The average molecular weight is 741 g/mol. The zero-order valence-electron chi connectivity index (χ0n) is 28.7. The Morgan fingerprint density at radius 3 is 2.65 bits per heavy atom. The van der Waals surface area contributed by atoms with Crippen LogP contribution in [0.5, 0.6) is 17.2 Å². The highest BCUT2D eigenvalue weighted by Gasteiger charge is 2.29. The number of nitrogens with zero attached hydrogens (tertiary/aromatic N) is 4. The molecule has 1 saturated carbocycles. The van der Waals surface area contributed by atoms with Crippen molar-refractivity contribution in [2.45, 2.75) is 83.0 Å². The third kappa shape index (κ3) is 8.36. The molecule has 268 valence electrons. The van der Waals surface area contributed by atoms with E-state index in [4.69, 9.17) is 37.4 Å². The molecular weight excluding hydrogens is 700 g/mol. The Morgan fingerprint density at radius 2 is 1.81 bits per heavy atom. The number of nitrogens with one attached hydrogen (secondary N) is 1. The number of alkyl halides is 1. The summed E-state index contributed by atoms with van der Waals surface area (Å²) in [6, 6.07) is 19.4. The van der Waals surface area contributed by atoms with Crippen molar-refractivity contribution in [3.8, 4) is 34.4 Å². The van der Waals surface area contributed by atoms with Gasteiger partial charge in [0.1, 0.15) is 42.2 Å². The standard InChI is InChI=1S/C41H40Cl2FN5O3/c42-34-19-29(24-48-36-10-2-1-9-35(36)44)39(51-25-28-18-27(21-45)22-47-23-28)20-40(34)52-37-13-12-31-30(6-3-7-32(31)37)33-8-4-11-38(41(33)43)50-17-5-15-49-16-14-46-26-49/h3-4,6-8,11,14,16,18-20,22-23,26,35-37,48H,1-2,5,9-10,12-13,15,17,24-25H2/t35-,36+,37-/m0/s1. The molecule has 0 aliphatic heterocycles. The highest BCUT2D eigenvalue weighted by molar-refractivity contribution is 6.35. The van der Waals surface area contributed by atoms with Crippen LogP contribution in [0.25, 0.3) is 11.1 Å².